The highest BCUT2D eigenvalue weighted by molar-refractivity contribution is 8.02. The van der Waals surface area contributed by atoms with Crippen LogP contribution in [0.1, 0.15) is 33.4 Å². The minimum Gasteiger partial charge on any atom is -0.204 e. The lowest BCUT2D eigenvalue weighted by Gasteiger charge is -2.17. The maximum Gasteiger partial charge on any atom is 0.157 e. The maximum atomic E-state index is 15.4. The van der Waals surface area contributed by atoms with E-state index in [-0.39, 0.29) is 9.79 Å². The lowest BCUT2D eigenvalue weighted by molar-refractivity contribution is 0.544. The summed E-state index contributed by atoms with van der Waals surface area (Å²) in [5.74, 6) is -1.73. The van der Waals surface area contributed by atoms with E-state index in [9.17, 15) is 10.5 Å². The van der Waals surface area contributed by atoms with E-state index in [0.717, 1.165) is 55.6 Å². The van der Waals surface area contributed by atoms with Crippen molar-refractivity contribution in [1.82, 2.24) is 0 Å². The fraction of sp³-hybridized carbons (Fsp3) is 0.167. The van der Waals surface area contributed by atoms with Crippen molar-refractivity contribution < 1.29 is 8.78 Å². The third kappa shape index (κ3) is 3.94. The highest BCUT2D eigenvalue weighted by atomic mass is 32.2. The summed E-state index contributed by atoms with van der Waals surface area (Å²) in [6, 6.07) is 14.7. The molecule has 0 fully saturated rings. The van der Waals surface area contributed by atoms with Crippen molar-refractivity contribution in [1.29, 1.82) is 10.5 Å². The Morgan fingerprint density at radius 1 is 0.600 bits per heavy atom. The summed E-state index contributed by atoms with van der Waals surface area (Å²) in [4.78, 5) is 1.64. The van der Waals surface area contributed by atoms with Crippen molar-refractivity contribution in [2.45, 2.75) is 47.3 Å². The van der Waals surface area contributed by atoms with Gasteiger partial charge in [0.05, 0.1) is 9.79 Å². The van der Waals surface area contributed by atoms with Gasteiger partial charge in [0.25, 0.3) is 0 Å². The number of nitriles is 2. The molecule has 0 spiro atoms. The summed E-state index contributed by atoms with van der Waals surface area (Å²) in [6.45, 7) is 7.60. The molecule has 0 bridgehead atoms. The Kier molecular flexibility index (Phi) is 6.51. The molecular formula is C24H18F2N2S2. The Labute approximate surface area is 183 Å². The van der Waals surface area contributed by atoms with Crippen molar-refractivity contribution in [3.05, 3.63) is 81.4 Å². The number of rotatable bonds is 4. The Morgan fingerprint density at radius 3 is 1.17 bits per heavy atom. The Morgan fingerprint density at radius 2 is 0.900 bits per heavy atom. The summed E-state index contributed by atoms with van der Waals surface area (Å²) in [7, 11) is 0. The van der Waals surface area contributed by atoms with Gasteiger partial charge in [-0.15, -0.1) is 0 Å². The number of nitrogens with zero attached hydrogens (tertiary/aromatic N) is 2. The molecule has 0 N–H and O–H groups in total. The zero-order valence-electron chi connectivity index (χ0n) is 16.9. The van der Waals surface area contributed by atoms with Crippen molar-refractivity contribution in [2.24, 2.45) is 0 Å². The summed E-state index contributed by atoms with van der Waals surface area (Å²) >= 11 is 2.18. The standard InChI is InChI=1S/C24H18F2N2S2/c1-13-7-5-8-14(2)21(13)29-23-19(25)17(11-27)18(12-28)20(26)24(23)30-22-15(3)9-6-10-16(22)4/h5-10H,1-4H3. The first-order valence-corrected chi connectivity index (χ1v) is 10.8. The molecule has 3 aromatic carbocycles. The first kappa shape index (κ1) is 21.9. The topological polar surface area (TPSA) is 47.6 Å². The summed E-state index contributed by atoms with van der Waals surface area (Å²) in [5.41, 5.74) is 2.57. The quantitative estimate of drug-likeness (QED) is 0.432. The fourth-order valence-corrected chi connectivity index (χ4v) is 5.48. The van der Waals surface area contributed by atoms with Gasteiger partial charge in [-0.1, -0.05) is 59.9 Å². The van der Waals surface area contributed by atoms with E-state index in [2.05, 4.69) is 0 Å². The van der Waals surface area contributed by atoms with Gasteiger partial charge in [-0.2, -0.15) is 10.5 Å². The van der Waals surface area contributed by atoms with E-state index in [4.69, 9.17) is 0 Å². The lowest BCUT2D eigenvalue weighted by Crippen LogP contribution is -2.02. The van der Waals surface area contributed by atoms with Gasteiger partial charge in [-0.05, 0) is 49.9 Å². The number of hydrogen-bond acceptors (Lipinski definition) is 4. The molecule has 3 aromatic rings. The minimum atomic E-state index is -0.864. The Bertz CT molecular complexity index is 1100. The molecule has 0 aliphatic rings. The Balaban J connectivity index is 2.31. The van der Waals surface area contributed by atoms with Gasteiger partial charge >= 0.3 is 0 Å². The fourth-order valence-electron chi connectivity index (χ4n) is 3.16. The largest absolute Gasteiger partial charge is 0.204 e. The van der Waals surface area contributed by atoms with Crippen molar-refractivity contribution in [3.63, 3.8) is 0 Å². The minimum absolute atomic E-state index is 0.0214. The van der Waals surface area contributed by atoms with Crippen LogP contribution in [0.25, 0.3) is 0 Å². The summed E-state index contributed by atoms with van der Waals surface area (Å²) in [5, 5.41) is 18.8. The van der Waals surface area contributed by atoms with Gasteiger partial charge in [0, 0.05) is 9.79 Å². The van der Waals surface area contributed by atoms with Crippen LogP contribution in [-0.4, -0.2) is 0 Å². The first-order valence-electron chi connectivity index (χ1n) is 9.13. The second kappa shape index (κ2) is 8.92. The molecule has 2 nitrogen and oxygen atoms in total. The molecule has 0 heterocycles. The Hall–Kier alpha value is -2.80. The van der Waals surface area contributed by atoms with E-state index in [0.29, 0.717) is 0 Å². The third-order valence-corrected chi connectivity index (χ3v) is 7.74. The van der Waals surface area contributed by atoms with Gasteiger partial charge in [0.1, 0.15) is 23.3 Å². The third-order valence-electron chi connectivity index (χ3n) is 4.74. The van der Waals surface area contributed by atoms with E-state index in [1.165, 1.54) is 0 Å². The lowest BCUT2D eigenvalue weighted by atomic mass is 10.1. The number of benzene rings is 3. The van der Waals surface area contributed by atoms with Gasteiger partial charge < -0.3 is 0 Å². The molecule has 30 heavy (non-hydrogen) atoms. The first-order chi connectivity index (χ1) is 14.3. The number of hydrogen-bond donors (Lipinski definition) is 0. The van der Waals surface area contributed by atoms with Crippen LogP contribution < -0.4 is 0 Å². The number of aryl methyl sites for hydroxylation is 4. The molecule has 0 aromatic heterocycles. The van der Waals surface area contributed by atoms with E-state index < -0.39 is 22.8 Å². The SMILES string of the molecule is Cc1cccc(C)c1Sc1c(F)c(C#N)c(C#N)c(F)c1Sc1c(C)cccc1C. The van der Waals surface area contributed by atoms with Crippen LogP contribution in [0, 0.1) is 62.0 Å². The van der Waals surface area contributed by atoms with Crippen LogP contribution in [0.15, 0.2) is 56.0 Å². The molecule has 150 valence electrons. The van der Waals surface area contributed by atoms with E-state index >= 15 is 8.78 Å². The van der Waals surface area contributed by atoms with Crippen LogP contribution in [0.5, 0.6) is 0 Å². The van der Waals surface area contributed by atoms with E-state index in [1.54, 1.807) is 12.1 Å². The van der Waals surface area contributed by atoms with Crippen LogP contribution >= 0.6 is 23.5 Å². The van der Waals surface area contributed by atoms with E-state index in [1.807, 2.05) is 64.1 Å². The predicted molar refractivity (Wildman–Crippen MR) is 116 cm³/mol. The van der Waals surface area contributed by atoms with Crippen molar-refractivity contribution >= 4 is 23.5 Å². The molecule has 0 aliphatic heterocycles. The summed E-state index contributed by atoms with van der Waals surface area (Å²) in [6.07, 6.45) is 0. The average Bonchev–Trinajstić information content (AvgIpc) is 2.71. The molecule has 0 amide bonds. The highest BCUT2D eigenvalue weighted by Gasteiger charge is 2.27. The molecule has 0 saturated heterocycles. The second-order valence-electron chi connectivity index (χ2n) is 6.91. The molecule has 0 atom stereocenters. The highest BCUT2D eigenvalue weighted by Crippen LogP contribution is 2.46. The zero-order valence-corrected chi connectivity index (χ0v) is 18.6. The molecule has 0 saturated carbocycles. The van der Waals surface area contributed by atoms with Crippen LogP contribution in [0.4, 0.5) is 8.78 Å². The van der Waals surface area contributed by atoms with Gasteiger partial charge in [-0.25, -0.2) is 8.78 Å². The molecule has 3 rings (SSSR count). The number of halogens is 2. The second-order valence-corrected chi connectivity index (χ2v) is 8.95. The van der Waals surface area contributed by atoms with Gasteiger partial charge in [0.2, 0.25) is 0 Å². The molecule has 0 aliphatic carbocycles. The average molecular weight is 437 g/mol. The van der Waals surface area contributed by atoms with Gasteiger partial charge in [0.15, 0.2) is 11.6 Å². The van der Waals surface area contributed by atoms with Crippen molar-refractivity contribution in [2.75, 3.05) is 0 Å². The van der Waals surface area contributed by atoms with Gasteiger partial charge in [-0.3, -0.25) is 0 Å². The maximum absolute atomic E-state index is 15.4. The smallest absolute Gasteiger partial charge is 0.157 e. The molecular weight excluding hydrogens is 418 g/mol. The van der Waals surface area contributed by atoms with Crippen molar-refractivity contribution in [3.8, 4) is 12.1 Å². The predicted octanol–water partition coefficient (Wildman–Crippen LogP) is 7.24. The summed E-state index contributed by atoms with van der Waals surface area (Å²) < 4.78 is 30.9. The normalized spacial score (nSPS) is 10.5. The monoisotopic (exact) mass is 436 g/mol. The van der Waals surface area contributed by atoms with Crippen LogP contribution in [0.2, 0.25) is 0 Å². The zero-order chi connectivity index (χ0) is 22.0. The van der Waals surface area contributed by atoms with Crippen LogP contribution in [-0.2, 0) is 0 Å². The molecule has 0 radical (unpaired) electrons. The van der Waals surface area contributed by atoms with Crippen LogP contribution in [0.3, 0.4) is 0 Å². The molecule has 6 heteroatoms. The molecule has 0 unspecified atom stereocenters.